The molecule has 0 aliphatic heterocycles. The Balaban J connectivity index is 2.90. The van der Waals surface area contributed by atoms with E-state index in [2.05, 4.69) is 5.32 Å². The van der Waals surface area contributed by atoms with Gasteiger partial charge >= 0.3 is 0 Å². The van der Waals surface area contributed by atoms with Crippen LogP contribution in [0.25, 0.3) is 0 Å². The molecule has 1 amide bonds. The number of carbonyl (C=O) groups is 1. The highest BCUT2D eigenvalue weighted by molar-refractivity contribution is 7.90. The average molecular weight is 320 g/mol. The summed E-state index contributed by atoms with van der Waals surface area (Å²) >= 11 is 5.82. The van der Waals surface area contributed by atoms with Crippen LogP contribution in [-0.2, 0) is 9.84 Å². The van der Waals surface area contributed by atoms with Crippen LogP contribution >= 0.6 is 11.6 Å². The van der Waals surface area contributed by atoms with Crippen molar-refractivity contribution in [2.75, 3.05) is 12.9 Å². The van der Waals surface area contributed by atoms with Crippen LogP contribution in [0.1, 0.15) is 30.1 Å². The van der Waals surface area contributed by atoms with Gasteiger partial charge in [-0.05, 0) is 38.0 Å². The topological polar surface area (TPSA) is 83.5 Å². The Labute approximate surface area is 123 Å². The second-order valence-electron chi connectivity index (χ2n) is 4.66. The van der Waals surface area contributed by atoms with Crippen LogP contribution in [-0.4, -0.2) is 38.3 Å². The molecule has 1 aromatic carbocycles. The molecule has 0 aliphatic rings. The minimum atomic E-state index is -3.48. The lowest BCUT2D eigenvalue weighted by molar-refractivity contribution is 0.0936. The number of carbonyl (C=O) groups excluding carboxylic acids is 1. The lowest BCUT2D eigenvalue weighted by Crippen LogP contribution is -2.32. The predicted molar refractivity (Wildman–Crippen MR) is 77.8 cm³/mol. The molecular formula is C13H18ClNO4S. The van der Waals surface area contributed by atoms with E-state index in [1.807, 2.05) is 6.92 Å². The Kier molecular flexibility index (Phi) is 5.98. The van der Waals surface area contributed by atoms with E-state index in [1.165, 1.54) is 18.2 Å². The highest BCUT2D eigenvalue weighted by atomic mass is 35.5. The van der Waals surface area contributed by atoms with Crippen LogP contribution in [0.5, 0.6) is 0 Å². The number of sulfone groups is 1. The number of aliphatic hydroxyl groups excluding tert-OH is 1. The van der Waals surface area contributed by atoms with Crippen molar-refractivity contribution >= 4 is 27.3 Å². The molecule has 1 aromatic rings. The highest BCUT2D eigenvalue weighted by Gasteiger charge is 2.16. The molecule has 0 radical (unpaired) electrons. The van der Waals surface area contributed by atoms with Gasteiger partial charge in [-0.3, -0.25) is 4.79 Å². The van der Waals surface area contributed by atoms with Crippen LogP contribution in [0, 0.1) is 0 Å². The van der Waals surface area contributed by atoms with Gasteiger partial charge in [0.1, 0.15) is 0 Å². The summed E-state index contributed by atoms with van der Waals surface area (Å²) in [6.07, 6.45) is 2.28. The third-order valence-corrected chi connectivity index (χ3v) is 4.34. The summed E-state index contributed by atoms with van der Waals surface area (Å²) in [5, 5.41) is 11.6. The first-order chi connectivity index (χ1) is 9.25. The molecule has 0 fully saturated rings. The lowest BCUT2D eigenvalue weighted by Gasteiger charge is -2.13. The minimum Gasteiger partial charge on any atom is -0.396 e. The first-order valence-corrected chi connectivity index (χ1v) is 8.44. The van der Waals surface area contributed by atoms with Gasteiger partial charge < -0.3 is 10.4 Å². The molecule has 1 rings (SSSR count). The van der Waals surface area contributed by atoms with Gasteiger partial charge in [0, 0.05) is 24.5 Å². The molecular weight excluding hydrogens is 302 g/mol. The van der Waals surface area contributed by atoms with Crippen LogP contribution in [0.15, 0.2) is 23.1 Å². The molecule has 112 valence electrons. The number of rotatable bonds is 6. The monoisotopic (exact) mass is 319 g/mol. The third-order valence-electron chi connectivity index (χ3n) is 2.77. The first-order valence-electron chi connectivity index (χ1n) is 6.17. The minimum absolute atomic E-state index is 0.0603. The van der Waals surface area contributed by atoms with Crippen LogP contribution in [0.2, 0.25) is 5.02 Å². The number of benzene rings is 1. The summed E-state index contributed by atoms with van der Waals surface area (Å²) in [5.74, 6) is -0.364. The summed E-state index contributed by atoms with van der Waals surface area (Å²) in [4.78, 5) is 11.9. The molecule has 20 heavy (non-hydrogen) atoms. The second-order valence-corrected chi connectivity index (χ2v) is 7.05. The number of amides is 1. The summed E-state index contributed by atoms with van der Waals surface area (Å²) in [6, 6.07) is 4.04. The van der Waals surface area contributed by atoms with Gasteiger partial charge in [0.05, 0.1) is 9.92 Å². The molecule has 0 saturated carbocycles. The van der Waals surface area contributed by atoms with Crippen molar-refractivity contribution in [1.29, 1.82) is 0 Å². The molecule has 5 nitrogen and oxygen atoms in total. The summed E-state index contributed by atoms with van der Waals surface area (Å²) in [7, 11) is -3.48. The number of halogens is 1. The van der Waals surface area contributed by atoms with Crippen molar-refractivity contribution in [3.05, 3.63) is 28.8 Å². The molecule has 2 N–H and O–H groups in total. The molecule has 7 heteroatoms. The van der Waals surface area contributed by atoms with Gasteiger partial charge in [-0.1, -0.05) is 11.6 Å². The van der Waals surface area contributed by atoms with Gasteiger partial charge in [0.25, 0.3) is 5.91 Å². The Morgan fingerprint density at radius 1 is 1.45 bits per heavy atom. The smallest absolute Gasteiger partial charge is 0.251 e. The normalized spacial score (nSPS) is 13.0. The highest BCUT2D eigenvalue weighted by Crippen LogP contribution is 2.22. The molecule has 1 atom stereocenters. The summed E-state index contributed by atoms with van der Waals surface area (Å²) in [6.45, 7) is 1.89. The molecule has 0 aromatic heterocycles. The van der Waals surface area contributed by atoms with E-state index in [-0.39, 0.29) is 34.0 Å². The summed E-state index contributed by atoms with van der Waals surface area (Å²) in [5.41, 5.74) is 0.241. The van der Waals surface area contributed by atoms with Crippen molar-refractivity contribution in [2.45, 2.75) is 30.7 Å². The largest absolute Gasteiger partial charge is 0.396 e. The van der Waals surface area contributed by atoms with Gasteiger partial charge in [-0.2, -0.15) is 0 Å². The Hall–Kier alpha value is -1.11. The Morgan fingerprint density at radius 3 is 2.65 bits per heavy atom. The lowest BCUT2D eigenvalue weighted by atomic mass is 10.1. The quantitative estimate of drug-likeness (QED) is 0.835. The van der Waals surface area contributed by atoms with Crippen molar-refractivity contribution < 1.29 is 18.3 Å². The van der Waals surface area contributed by atoms with Crippen molar-refractivity contribution in [1.82, 2.24) is 5.32 Å². The summed E-state index contributed by atoms with van der Waals surface area (Å²) < 4.78 is 23.1. The van der Waals surface area contributed by atoms with Crippen LogP contribution in [0.4, 0.5) is 0 Å². The second kappa shape index (κ2) is 7.06. The number of nitrogens with one attached hydrogen (secondary N) is 1. The maximum absolute atomic E-state index is 12.0. The fraction of sp³-hybridized carbons (Fsp3) is 0.462. The van der Waals surface area contributed by atoms with E-state index in [0.717, 1.165) is 6.26 Å². The van der Waals surface area contributed by atoms with Crippen LogP contribution in [0.3, 0.4) is 0 Å². The van der Waals surface area contributed by atoms with Gasteiger partial charge in [0.2, 0.25) is 0 Å². The van der Waals surface area contributed by atoms with Crippen LogP contribution < -0.4 is 5.32 Å². The molecule has 1 unspecified atom stereocenters. The maximum atomic E-state index is 12.0. The zero-order valence-corrected chi connectivity index (χ0v) is 13.0. The fourth-order valence-corrected chi connectivity index (χ4v) is 3.01. The first kappa shape index (κ1) is 16.9. The van der Waals surface area contributed by atoms with E-state index in [9.17, 15) is 13.2 Å². The van der Waals surface area contributed by atoms with E-state index < -0.39 is 9.84 Å². The number of hydrogen-bond donors (Lipinski definition) is 2. The zero-order valence-electron chi connectivity index (χ0n) is 11.4. The van der Waals surface area contributed by atoms with Crippen molar-refractivity contribution in [3.8, 4) is 0 Å². The van der Waals surface area contributed by atoms with E-state index in [0.29, 0.717) is 12.8 Å². The SMILES string of the molecule is CC(CCCO)NC(=O)c1ccc(Cl)c(S(C)(=O)=O)c1. The molecule has 0 bridgehead atoms. The average Bonchev–Trinajstić information content (AvgIpc) is 2.35. The van der Waals surface area contributed by atoms with E-state index in [1.54, 1.807) is 0 Å². The fourth-order valence-electron chi connectivity index (χ4n) is 1.71. The molecule has 0 spiro atoms. The van der Waals surface area contributed by atoms with E-state index >= 15 is 0 Å². The predicted octanol–water partition coefficient (Wildman–Crippen LogP) is 1.63. The molecule has 0 aliphatic carbocycles. The van der Waals surface area contributed by atoms with Gasteiger partial charge in [-0.15, -0.1) is 0 Å². The molecule has 0 heterocycles. The van der Waals surface area contributed by atoms with Crippen molar-refractivity contribution in [3.63, 3.8) is 0 Å². The maximum Gasteiger partial charge on any atom is 0.251 e. The Bertz CT molecular complexity index is 586. The van der Waals surface area contributed by atoms with Crippen molar-refractivity contribution in [2.24, 2.45) is 0 Å². The van der Waals surface area contributed by atoms with Gasteiger partial charge in [0.15, 0.2) is 9.84 Å². The van der Waals surface area contributed by atoms with E-state index in [4.69, 9.17) is 16.7 Å². The zero-order chi connectivity index (χ0) is 15.3. The number of aliphatic hydroxyl groups is 1. The molecule has 0 saturated heterocycles. The van der Waals surface area contributed by atoms with Gasteiger partial charge in [-0.25, -0.2) is 8.42 Å². The number of hydrogen-bond acceptors (Lipinski definition) is 4. The third kappa shape index (κ3) is 4.77. The standard InChI is InChI=1S/C13H18ClNO4S/c1-9(4-3-7-16)15-13(17)10-5-6-11(14)12(8-10)20(2,18)19/h5-6,8-9,16H,3-4,7H2,1-2H3,(H,15,17). The Morgan fingerprint density at radius 2 is 2.10 bits per heavy atom.